The van der Waals surface area contributed by atoms with Crippen molar-refractivity contribution in [3.63, 3.8) is 0 Å². The van der Waals surface area contributed by atoms with Crippen molar-refractivity contribution in [1.29, 1.82) is 0 Å². The van der Waals surface area contributed by atoms with Gasteiger partial charge in [0.25, 0.3) is 5.91 Å². The second kappa shape index (κ2) is 8.03. The summed E-state index contributed by atoms with van der Waals surface area (Å²) in [5.41, 5.74) is 0. The second-order valence-electron chi connectivity index (χ2n) is 5.76. The third kappa shape index (κ3) is 4.37. The van der Waals surface area contributed by atoms with E-state index in [1.165, 1.54) is 0 Å². The molecule has 5 heteroatoms. The average Bonchev–Trinajstić information content (AvgIpc) is 2.56. The first-order chi connectivity index (χ1) is 10.6. The van der Waals surface area contributed by atoms with E-state index in [4.69, 9.17) is 9.47 Å². The summed E-state index contributed by atoms with van der Waals surface area (Å²) in [5, 5.41) is 3.21. The molecular formula is C17H26N2O3. The van der Waals surface area contributed by atoms with E-state index in [1.807, 2.05) is 43.1 Å². The van der Waals surface area contributed by atoms with Crippen molar-refractivity contribution < 1.29 is 14.3 Å². The maximum atomic E-state index is 12.5. The minimum absolute atomic E-state index is 0.0683. The molecular weight excluding hydrogens is 280 g/mol. The number of carbonyl (C=O) groups is 1. The van der Waals surface area contributed by atoms with E-state index in [1.54, 1.807) is 7.11 Å². The molecule has 1 aromatic rings. The van der Waals surface area contributed by atoms with Crippen LogP contribution in [-0.4, -0.2) is 50.7 Å². The van der Waals surface area contributed by atoms with Gasteiger partial charge in [-0.2, -0.15) is 0 Å². The molecule has 22 heavy (non-hydrogen) atoms. The lowest BCUT2D eigenvalue weighted by Gasteiger charge is -2.33. The molecule has 1 fully saturated rings. The van der Waals surface area contributed by atoms with Crippen LogP contribution in [0.5, 0.6) is 11.5 Å². The molecule has 1 saturated heterocycles. The van der Waals surface area contributed by atoms with Crippen molar-refractivity contribution in [3.05, 3.63) is 24.3 Å². The van der Waals surface area contributed by atoms with Gasteiger partial charge in [0.1, 0.15) is 11.5 Å². The summed E-state index contributed by atoms with van der Waals surface area (Å²) in [5.74, 6) is 2.20. The summed E-state index contributed by atoms with van der Waals surface area (Å²) in [6, 6.07) is 7.30. The zero-order valence-corrected chi connectivity index (χ0v) is 13.7. The number of hydrogen-bond acceptors (Lipinski definition) is 4. The SMILES string of the molecule is CNCC1CCN(C(=O)C(C)Oc2ccc(OC)cc2)CC1. The molecule has 1 heterocycles. The number of amides is 1. The Kier molecular flexibility index (Phi) is 6.07. The highest BCUT2D eigenvalue weighted by Crippen LogP contribution is 2.20. The van der Waals surface area contributed by atoms with Crippen molar-refractivity contribution in [2.75, 3.05) is 33.8 Å². The molecule has 1 amide bonds. The topological polar surface area (TPSA) is 50.8 Å². The normalized spacial score (nSPS) is 17.1. The molecule has 5 nitrogen and oxygen atoms in total. The van der Waals surface area contributed by atoms with Gasteiger partial charge >= 0.3 is 0 Å². The average molecular weight is 306 g/mol. The van der Waals surface area contributed by atoms with Crippen LogP contribution in [0.1, 0.15) is 19.8 Å². The Morgan fingerprint density at radius 3 is 2.41 bits per heavy atom. The van der Waals surface area contributed by atoms with Crippen LogP contribution in [0, 0.1) is 5.92 Å². The molecule has 122 valence electrons. The Balaban J connectivity index is 1.84. The monoisotopic (exact) mass is 306 g/mol. The summed E-state index contributed by atoms with van der Waals surface area (Å²) in [6.45, 7) is 4.48. The molecule has 1 aliphatic rings. The van der Waals surface area contributed by atoms with Crippen molar-refractivity contribution in [2.45, 2.75) is 25.9 Å². The molecule has 0 aromatic heterocycles. The zero-order chi connectivity index (χ0) is 15.9. The Labute approximate surface area is 132 Å². The van der Waals surface area contributed by atoms with E-state index in [0.29, 0.717) is 11.7 Å². The van der Waals surface area contributed by atoms with E-state index < -0.39 is 6.10 Å². The first kappa shape index (κ1) is 16.6. The maximum Gasteiger partial charge on any atom is 0.263 e. The summed E-state index contributed by atoms with van der Waals surface area (Å²) in [7, 11) is 3.60. The molecule has 0 spiro atoms. The van der Waals surface area contributed by atoms with Gasteiger partial charge in [0.15, 0.2) is 6.10 Å². The highest BCUT2D eigenvalue weighted by atomic mass is 16.5. The van der Waals surface area contributed by atoms with Crippen LogP contribution < -0.4 is 14.8 Å². The van der Waals surface area contributed by atoms with Gasteiger partial charge in [0.2, 0.25) is 0 Å². The minimum atomic E-state index is -0.464. The lowest BCUT2D eigenvalue weighted by atomic mass is 9.96. The first-order valence-electron chi connectivity index (χ1n) is 7.88. The van der Waals surface area contributed by atoms with Gasteiger partial charge in [-0.25, -0.2) is 0 Å². The fraction of sp³-hybridized carbons (Fsp3) is 0.588. The zero-order valence-electron chi connectivity index (χ0n) is 13.7. The molecule has 0 radical (unpaired) electrons. The summed E-state index contributed by atoms with van der Waals surface area (Å²) in [4.78, 5) is 14.4. The fourth-order valence-electron chi connectivity index (χ4n) is 2.81. The Morgan fingerprint density at radius 1 is 1.27 bits per heavy atom. The molecule has 1 unspecified atom stereocenters. The number of rotatable bonds is 6. The molecule has 1 atom stereocenters. The molecule has 0 saturated carbocycles. The largest absolute Gasteiger partial charge is 0.497 e. The summed E-state index contributed by atoms with van der Waals surface area (Å²) in [6.07, 6.45) is 1.65. The number of carbonyl (C=O) groups excluding carboxylic acids is 1. The third-order valence-electron chi connectivity index (χ3n) is 4.14. The number of hydrogen-bond donors (Lipinski definition) is 1. The van der Waals surface area contributed by atoms with Crippen LogP contribution in [0.3, 0.4) is 0 Å². The van der Waals surface area contributed by atoms with Gasteiger partial charge in [0.05, 0.1) is 7.11 Å². The maximum absolute atomic E-state index is 12.5. The van der Waals surface area contributed by atoms with Crippen LogP contribution in [0.15, 0.2) is 24.3 Å². The molecule has 2 rings (SSSR count). The standard InChI is InChI=1S/C17H26N2O3/c1-13(22-16-6-4-15(21-3)5-7-16)17(20)19-10-8-14(9-11-19)12-18-2/h4-7,13-14,18H,8-12H2,1-3H3. The van der Waals surface area contributed by atoms with E-state index in [9.17, 15) is 4.79 Å². The van der Waals surface area contributed by atoms with Crippen molar-refractivity contribution in [3.8, 4) is 11.5 Å². The van der Waals surface area contributed by atoms with Gasteiger partial charge in [-0.1, -0.05) is 0 Å². The Bertz CT molecular complexity index is 467. The van der Waals surface area contributed by atoms with Crippen LogP contribution in [-0.2, 0) is 4.79 Å². The van der Waals surface area contributed by atoms with Gasteiger partial charge in [0, 0.05) is 13.1 Å². The van der Waals surface area contributed by atoms with Gasteiger partial charge in [-0.15, -0.1) is 0 Å². The molecule has 1 N–H and O–H groups in total. The molecule has 1 aromatic carbocycles. The fourth-order valence-corrected chi connectivity index (χ4v) is 2.81. The summed E-state index contributed by atoms with van der Waals surface area (Å²) < 4.78 is 10.9. The number of nitrogens with zero attached hydrogens (tertiary/aromatic N) is 1. The first-order valence-corrected chi connectivity index (χ1v) is 7.88. The third-order valence-corrected chi connectivity index (χ3v) is 4.14. The quantitative estimate of drug-likeness (QED) is 0.872. The molecule has 0 bridgehead atoms. The molecule has 1 aliphatic heterocycles. The summed E-state index contributed by atoms with van der Waals surface area (Å²) >= 11 is 0. The number of likely N-dealkylation sites (tertiary alicyclic amines) is 1. The number of nitrogens with one attached hydrogen (secondary N) is 1. The number of ether oxygens (including phenoxy) is 2. The van der Waals surface area contributed by atoms with Crippen LogP contribution in [0.2, 0.25) is 0 Å². The lowest BCUT2D eigenvalue weighted by molar-refractivity contribution is -0.139. The van der Waals surface area contributed by atoms with E-state index in [2.05, 4.69) is 5.32 Å². The van der Waals surface area contributed by atoms with Crippen LogP contribution in [0.4, 0.5) is 0 Å². The van der Waals surface area contributed by atoms with Crippen molar-refractivity contribution in [2.24, 2.45) is 5.92 Å². The number of benzene rings is 1. The molecule has 0 aliphatic carbocycles. The van der Waals surface area contributed by atoms with Crippen LogP contribution in [0.25, 0.3) is 0 Å². The van der Waals surface area contributed by atoms with E-state index >= 15 is 0 Å². The predicted octanol–water partition coefficient (Wildman–Crippen LogP) is 1.92. The number of piperidine rings is 1. The van der Waals surface area contributed by atoms with E-state index in [0.717, 1.165) is 38.2 Å². The van der Waals surface area contributed by atoms with Gasteiger partial charge < -0.3 is 19.7 Å². The smallest absolute Gasteiger partial charge is 0.263 e. The highest BCUT2D eigenvalue weighted by Gasteiger charge is 2.26. The predicted molar refractivity (Wildman–Crippen MR) is 86.3 cm³/mol. The van der Waals surface area contributed by atoms with Crippen molar-refractivity contribution in [1.82, 2.24) is 10.2 Å². The lowest BCUT2D eigenvalue weighted by Crippen LogP contribution is -2.45. The second-order valence-corrected chi connectivity index (χ2v) is 5.76. The minimum Gasteiger partial charge on any atom is -0.497 e. The van der Waals surface area contributed by atoms with Gasteiger partial charge in [-0.05, 0) is 63.5 Å². The Hall–Kier alpha value is -1.75. The Morgan fingerprint density at radius 2 is 1.86 bits per heavy atom. The van der Waals surface area contributed by atoms with Gasteiger partial charge in [-0.3, -0.25) is 4.79 Å². The number of methoxy groups -OCH3 is 1. The highest BCUT2D eigenvalue weighted by molar-refractivity contribution is 5.81. The van der Waals surface area contributed by atoms with E-state index in [-0.39, 0.29) is 5.91 Å². The van der Waals surface area contributed by atoms with Crippen LogP contribution >= 0.6 is 0 Å². The van der Waals surface area contributed by atoms with Crippen molar-refractivity contribution >= 4 is 5.91 Å².